The molecule has 1 fully saturated rings. The lowest BCUT2D eigenvalue weighted by atomic mass is 9.88. The van der Waals surface area contributed by atoms with Crippen molar-refractivity contribution >= 4 is 11.6 Å². The van der Waals surface area contributed by atoms with Crippen LogP contribution in [0.15, 0.2) is 54.6 Å². The van der Waals surface area contributed by atoms with Crippen LogP contribution in [0.4, 0.5) is 0 Å². The third-order valence-electron chi connectivity index (χ3n) is 4.97. The van der Waals surface area contributed by atoms with E-state index in [1.54, 1.807) is 0 Å². The van der Waals surface area contributed by atoms with E-state index < -0.39 is 5.60 Å². The van der Waals surface area contributed by atoms with E-state index >= 15 is 0 Å². The SMILES string of the molecule is CC(OCCN1CCCCC1)(c1ccccc1)c1ccc(Cl)cc1. The number of hydrogen-bond acceptors (Lipinski definition) is 2. The Bertz CT molecular complexity index is 622. The van der Waals surface area contributed by atoms with Crippen molar-refractivity contribution in [1.29, 1.82) is 0 Å². The van der Waals surface area contributed by atoms with E-state index in [-0.39, 0.29) is 0 Å². The molecule has 0 N–H and O–H groups in total. The van der Waals surface area contributed by atoms with Crippen LogP contribution >= 0.6 is 11.6 Å². The van der Waals surface area contributed by atoms with Crippen molar-refractivity contribution in [3.63, 3.8) is 0 Å². The Kier molecular flexibility index (Phi) is 5.94. The number of benzene rings is 2. The molecule has 2 nitrogen and oxygen atoms in total. The van der Waals surface area contributed by atoms with Gasteiger partial charge >= 0.3 is 0 Å². The lowest BCUT2D eigenvalue weighted by Gasteiger charge is -2.33. The van der Waals surface area contributed by atoms with Crippen LogP contribution in [0.2, 0.25) is 5.02 Å². The molecule has 1 aliphatic heterocycles. The number of rotatable bonds is 6. The van der Waals surface area contributed by atoms with Crippen LogP contribution in [-0.4, -0.2) is 31.1 Å². The van der Waals surface area contributed by atoms with Crippen LogP contribution in [0, 0.1) is 0 Å². The van der Waals surface area contributed by atoms with Crippen molar-refractivity contribution in [2.45, 2.75) is 31.8 Å². The maximum Gasteiger partial charge on any atom is 0.115 e. The number of piperidine rings is 1. The molecule has 24 heavy (non-hydrogen) atoms. The molecule has 2 aromatic rings. The van der Waals surface area contributed by atoms with E-state index in [1.165, 1.54) is 37.9 Å². The lowest BCUT2D eigenvalue weighted by Crippen LogP contribution is -2.36. The first-order valence-corrected chi connectivity index (χ1v) is 9.24. The van der Waals surface area contributed by atoms with E-state index in [0.29, 0.717) is 0 Å². The van der Waals surface area contributed by atoms with Crippen molar-refractivity contribution in [3.05, 3.63) is 70.7 Å². The first-order chi connectivity index (χ1) is 11.7. The van der Waals surface area contributed by atoms with E-state index in [1.807, 2.05) is 18.2 Å². The number of halogens is 1. The molecule has 0 radical (unpaired) electrons. The van der Waals surface area contributed by atoms with Gasteiger partial charge in [-0.3, -0.25) is 0 Å². The van der Waals surface area contributed by atoms with E-state index in [2.05, 4.69) is 48.2 Å². The lowest BCUT2D eigenvalue weighted by molar-refractivity contribution is -0.0161. The standard InChI is InChI=1S/C21H26ClNO/c1-21(18-8-4-2-5-9-18,19-10-12-20(22)13-11-19)24-17-16-23-14-6-3-7-15-23/h2,4-5,8-13H,3,6-7,14-17H2,1H3. The molecule has 0 spiro atoms. The van der Waals surface area contributed by atoms with Crippen LogP contribution in [0.5, 0.6) is 0 Å². The monoisotopic (exact) mass is 343 g/mol. The van der Waals surface area contributed by atoms with Gasteiger partial charge in [0.25, 0.3) is 0 Å². The van der Waals surface area contributed by atoms with E-state index in [9.17, 15) is 0 Å². The van der Waals surface area contributed by atoms with Crippen LogP contribution in [-0.2, 0) is 10.3 Å². The van der Waals surface area contributed by atoms with Crippen LogP contribution in [0.25, 0.3) is 0 Å². The molecular weight excluding hydrogens is 318 g/mol. The maximum atomic E-state index is 6.46. The molecule has 2 aromatic carbocycles. The minimum Gasteiger partial charge on any atom is -0.365 e. The second-order valence-corrected chi connectivity index (χ2v) is 7.09. The van der Waals surface area contributed by atoms with Crippen LogP contribution in [0.1, 0.15) is 37.3 Å². The van der Waals surface area contributed by atoms with Crippen LogP contribution in [0.3, 0.4) is 0 Å². The molecule has 1 aliphatic rings. The van der Waals surface area contributed by atoms with Gasteiger partial charge in [-0.1, -0.05) is 60.5 Å². The molecule has 0 bridgehead atoms. The van der Waals surface area contributed by atoms with Crippen molar-refractivity contribution in [1.82, 2.24) is 4.90 Å². The van der Waals surface area contributed by atoms with E-state index in [4.69, 9.17) is 16.3 Å². The fourth-order valence-electron chi connectivity index (χ4n) is 3.42. The Balaban J connectivity index is 1.76. The molecule has 1 heterocycles. The minimum atomic E-state index is -0.457. The van der Waals surface area contributed by atoms with Gasteiger partial charge in [0.05, 0.1) is 6.61 Å². The summed E-state index contributed by atoms with van der Waals surface area (Å²) in [4.78, 5) is 2.51. The van der Waals surface area contributed by atoms with Gasteiger partial charge in [0, 0.05) is 11.6 Å². The zero-order valence-electron chi connectivity index (χ0n) is 14.4. The smallest absolute Gasteiger partial charge is 0.115 e. The third-order valence-corrected chi connectivity index (χ3v) is 5.22. The Labute approximate surface area is 150 Å². The number of nitrogens with zero attached hydrogens (tertiary/aromatic N) is 1. The normalized spacial score (nSPS) is 18.2. The van der Waals surface area contributed by atoms with Gasteiger partial charge < -0.3 is 9.64 Å². The highest BCUT2D eigenvalue weighted by molar-refractivity contribution is 6.30. The molecule has 0 amide bonds. The summed E-state index contributed by atoms with van der Waals surface area (Å²) in [5.74, 6) is 0. The molecule has 3 rings (SSSR count). The predicted octanol–water partition coefficient (Wildman–Crippen LogP) is 5.11. The average Bonchev–Trinajstić information content (AvgIpc) is 2.64. The molecule has 1 unspecified atom stereocenters. The molecular formula is C21H26ClNO. The summed E-state index contributed by atoms with van der Waals surface area (Å²) < 4.78 is 6.46. The largest absolute Gasteiger partial charge is 0.365 e. The Hall–Kier alpha value is -1.35. The summed E-state index contributed by atoms with van der Waals surface area (Å²) in [6.45, 7) is 6.28. The number of likely N-dealkylation sites (tertiary alicyclic amines) is 1. The predicted molar refractivity (Wildman–Crippen MR) is 101 cm³/mol. The Morgan fingerprint density at radius 1 is 0.917 bits per heavy atom. The van der Waals surface area contributed by atoms with Gasteiger partial charge in [0.1, 0.15) is 5.60 Å². The molecule has 0 aliphatic carbocycles. The van der Waals surface area contributed by atoms with Gasteiger partial charge in [0.2, 0.25) is 0 Å². The maximum absolute atomic E-state index is 6.46. The fourth-order valence-corrected chi connectivity index (χ4v) is 3.55. The van der Waals surface area contributed by atoms with Gasteiger partial charge in [-0.15, -0.1) is 0 Å². The summed E-state index contributed by atoms with van der Waals surface area (Å²) in [5.41, 5.74) is 1.85. The summed E-state index contributed by atoms with van der Waals surface area (Å²) >= 11 is 6.07. The first-order valence-electron chi connectivity index (χ1n) is 8.86. The molecule has 1 atom stereocenters. The van der Waals surface area contributed by atoms with Crippen molar-refractivity contribution in [2.24, 2.45) is 0 Å². The van der Waals surface area contributed by atoms with Crippen molar-refractivity contribution < 1.29 is 4.74 Å². The summed E-state index contributed by atoms with van der Waals surface area (Å²) in [6, 6.07) is 18.4. The third kappa shape index (κ3) is 4.18. The quantitative estimate of drug-likeness (QED) is 0.723. The average molecular weight is 344 g/mol. The molecule has 1 saturated heterocycles. The molecule has 0 aromatic heterocycles. The molecule has 3 heteroatoms. The van der Waals surface area contributed by atoms with E-state index in [0.717, 1.165) is 23.7 Å². The minimum absolute atomic E-state index is 0.457. The molecule has 128 valence electrons. The second-order valence-electron chi connectivity index (χ2n) is 6.66. The van der Waals surface area contributed by atoms with Gasteiger partial charge in [-0.05, 0) is 56.1 Å². The highest BCUT2D eigenvalue weighted by atomic mass is 35.5. The van der Waals surface area contributed by atoms with Gasteiger partial charge in [-0.2, -0.15) is 0 Å². The highest BCUT2D eigenvalue weighted by Gasteiger charge is 2.30. The number of hydrogen-bond donors (Lipinski definition) is 0. The highest BCUT2D eigenvalue weighted by Crippen LogP contribution is 2.34. The second kappa shape index (κ2) is 8.15. The topological polar surface area (TPSA) is 12.5 Å². The van der Waals surface area contributed by atoms with Crippen molar-refractivity contribution in [2.75, 3.05) is 26.2 Å². The molecule has 0 saturated carbocycles. The summed E-state index contributed by atoms with van der Waals surface area (Å²) in [5, 5.41) is 0.752. The van der Waals surface area contributed by atoms with Gasteiger partial charge in [-0.25, -0.2) is 0 Å². The van der Waals surface area contributed by atoms with Crippen LogP contribution < -0.4 is 0 Å². The first kappa shape index (κ1) is 17.5. The Morgan fingerprint density at radius 3 is 2.21 bits per heavy atom. The van der Waals surface area contributed by atoms with Gasteiger partial charge in [0.15, 0.2) is 0 Å². The number of ether oxygens (including phenoxy) is 1. The summed E-state index contributed by atoms with van der Waals surface area (Å²) in [6.07, 6.45) is 3.99. The zero-order chi connectivity index (χ0) is 16.8. The zero-order valence-corrected chi connectivity index (χ0v) is 15.1. The van der Waals surface area contributed by atoms with Crippen molar-refractivity contribution in [3.8, 4) is 0 Å². The fraction of sp³-hybridized carbons (Fsp3) is 0.429. The summed E-state index contributed by atoms with van der Waals surface area (Å²) in [7, 11) is 0. The Morgan fingerprint density at radius 2 is 1.54 bits per heavy atom.